The number of carboxylic acid groups (broad SMARTS) is 1. The predicted octanol–water partition coefficient (Wildman–Crippen LogP) is 0.782. The van der Waals surface area contributed by atoms with Crippen molar-refractivity contribution in [2.24, 2.45) is 5.92 Å². The monoisotopic (exact) mass is 229 g/mol. The number of carboxylic acids is 1. The van der Waals surface area contributed by atoms with Crippen LogP contribution in [0.2, 0.25) is 0 Å². The predicted molar refractivity (Wildman–Crippen MR) is 58.0 cm³/mol. The molecule has 1 amide bonds. The van der Waals surface area contributed by atoms with Crippen LogP contribution in [0.25, 0.3) is 0 Å². The van der Waals surface area contributed by atoms with Crippen molar-refractivity contribution in [1.82, 2.24) is 5.32 Å². The Kier molecular flexibility index (Phi) is 4.29. The number of ether oxygens (including phenoxy) is 1. The molecule has 5 heteroatoms. The van der Waals surface area contributed by atoms with Crippen LogP contribution in [0.5, 0.6) is 0 Å². The summed E-state index contributed by atoms with van der Waals surface area (Å²) in [6.07, 6.45) is 1.24. The first-order chi connectivity index (χ1) is 7.49. The molecule has 0 aliphatic carbocycles. The Bertz CT molecular complexity index is 271. The zero-order valence-corrected chi connectivity index (χ0v) is 9.78. The quantitative estimate of drug-likeness (QED) is 0.730. The van der Waals surface area contributed by atoms with Crippen molar-refractivity contribution < 1.29 is 19.4 Å². The number of rotatable bonds is 5. The van der Waals surface area contributed by atoms with E-state index in [4.69, 9.17) is 9.84 Å². The highest BCUT2D eigenvalue weighted by atomic mass is 16.5. The number of carbonyl (C=O) groups excluding carboxylic acids is 1. The van der Waals surface area contributed by atoms with Gasteiger partial charge in [-0.25, -0.2) is 0 Å². The van der Waals surface area contributed by atoms with E-state index in [2.05, 4.69) is 5.32 Å². The Morgan fingerprint density at radius 2 is 2.25 bits per heavy atom. The van der Waals surface area contributed by atoms with Crippen molar-refractivity contribution in [2.75, 3.05) is 13.2 Å². The van der Waals surface area contributed by atoms with Crippen LogP contribution in [-0.4, -0.2) is 35.7 Å². The average molecular weight is 229 g/mol. The molecule has 16 heavy (non-hydrogen) atoms. The summed E-state index contributed by atoms with van der Waals surface area (Å²) in [7, 11) is 0. The second-order valence-corrected chi connectivity index (χ2v) is 4.45. The first-order valence-electron chi connectivity index (χ1n) is 5.60. The summed E-state index contributed by atoms with van der Waals surface area (Å²) in [5.74, 6) is -1.09. The van der Waals surface area contributed by atoms with E-state index < -0.39 is 11.5 Å². The number of hydrogen-bond donors (Lipinski definition) is 2. The van der Waals surface area contributed by atoms with E-state index >= 15 is 0 Å². The number of nitrogens with one attached hydrogen (secondary N) is 1. The Hall–Kier alpha value is -1.10. The largest absolute Gasteiger partial charge is 0.481 e. The molecule has 1 heterocycles. The Morgan fingerprint density at radius 1 is 1.56 bits per heavy atom. The van der Waals surface area contributed by atoms with Gasteiger partial charge in [0.15, 0.2) is 0 Å². The third-order valence-corrected chi connectivity index (χ3v) is 3.04. The SMILES string of the molecule is CCC(C)C(=O)NC1(CC(=O)O)CCOC1. The van der Waals surface area contributed by atoms with Crippen LogP contribution in [0, 0.1) is 5.92 Å². The topological polar surface area (TPSA) is 75.6 Å². The molecule has 1 aliphatic rings. The van der Waals surface area contributed by atoms with Gasteiger partial charge < -0.3 is 15.2 Å². The zero-order chi connectivity index (χ0) is 12.2. The van der Waals surface area contributed by atoms with Crippen LogP contribution in [0.3, 0.4) is 0 Å². The fourth-order valence-corrected chi connectivity index (χ4v) is 1.75. The maximum absolute atomic E-state index is 11.8. The van der Waals surface area contributed by atoms with Gasteiger partial charge in [0.05, 0.1) is 18.6 Å². The van der Waals surface area contributed by atoms with Gasteiger partial charge in [-0.3, -0.25) is 9.59 Å². The Morgan fingerprint density at radius 3 is 2.69 bits per heavy atom. The molecule has 1 fully saturated rings. The van der Waals surface area contributed by atoms with E-state index in [0.29, 0.717) is 19.6 Å². The second-order valence-electron chi connectivity index (χ2n) is 4.45. The van der Waals surface area contributed by atoms with Crippen LogP contribution in [0.4, 0.5) is 0 Å². The first-order valence-corrected chi connectivity index (χ1v) is 5.60. The molecular weight excluding hydrogens is 210 g/mol. The third-order valence-electron chi connectivity index (χ3n) is 3.04. The smallest absolute Gasteiger partial charge is 0.305 e. The molecule has 2 atom stereocenters. The molecule has 5 nitrogen and oxygen atoms in total. The average Bonchev–Trinajstić information content (AvgIpc) is 2.63. The highest BCUT2D eigenvalue weighted by molar-refractivity contribution is 5.80. The third kappa shape index (κ3) is 3.20. The van der Waals surface area contributed by atoms with Gasteiger partial charge in [0, 0.05) is 12.5 Å². The number of hydrogen-bond acceptors (Lipinski definition) is 3. The van der Waals surface area contributed by atoms with Gasteiger partial charge in [-0.05, 0) is 12.8 Å². The van der Waals surface area contributed by atoms with E-state index in [1.54, 1.807) is 0 Å². The van der Waals surface area contributed by atoms with Crippen molar-refractivity contribution >= 4 is 11.9 Å². The van der Waals surface area contributed by atoms with E-state index in [1.165, 1.54) is 0 Å². The molecule has 0 radical (unpaired) electrons. The van der Waals surface area contributed by atoms with Gasteiger partial charge in [0.2, 0.25) is 5.91 Å². The standard InChI is InChI=1S/C11H19NO4/c1-3-8(2)10(15)12-11(6-9(13)14)4-5-16-7-11/h8H,3-7H2,1-2H3,(H,12,15)(H,13,14). The summed E-state index contributed by atoms with van der Waals surface area (Å²) in [4.78, 5) is 22.5. The summed E-state index contributed by atoms with van der Waals surface area (Å²) >= 11 is 0. The summed E-state index contributed by atoms with van der Waals surface area (Å²) in [5, 5.41) is 11.7. The molecule has 0 spiro atoms. The highest BCUT2D eigenvalue weighted by Gasteiger charge is 2.39. The van der Waals surface area contributed by atoms with Gasteiger partial charge in [-0.2, -0.15) is 0 Å². The lowest BCUT2D eigenvalue weighted by Crippen LogP contribution is -2.52. The summed E-state index contributed by atoms with van der Waals surface area (Å²) < 4.78 is 5.20. The van der Waals surface area contributed by atoms with Crippen molar-refractivity contribution in [1.29, 1.82) is 0 Å². The maximum atomic E-state index is 11.8. The molecule has 0 aromatic carbocycles. The molecule has 1 aliphatic heterocycles. The first kappa shape index (κ1) is 13.0. The van der Waals surface area contributed by atoms with E-state index in [-0.39, 0.29) is 18.2 Å². The Labute approximate surface area is 95.2 Å². The van der Waals surface area contributed by atoms with Crippen LogP contribution in [-0.2, 0) is 14.3 Å². The minimum absolute atomic E-state index is 0.0742. The van der Waals surface area contributed by atoms with Crippen molar-refractivity contribution in [3.05, 3.63) is 0 Å². The van der Waals surface area contributed by atoms with Gasteiger partial charge in [-0.1, -0.05) is 13.8 Å². The molecule has 0 saturated carbocycles. The van der Waals surface area contributed by atoms with Crippen molar-refractivity contribution in [3.63, 3.8) is 0 Å². The molecular formula is C11H19NO4. The number of amides is 1. The molecule has 0 aromatic heterocycles. The fourth-order valence-electron chi connectivity index (χ4n) is 1.75. The normalized spacial score (nSPS) is 26.4. The fraction of sp³-hybridized carbons (Fsp3) is 0.818. The molecule has 2 unspecified atom stereocenters. The van der Waals surface area contributed by atoms with Gasteiger partial charge >= 0.3 is 5.97 Å². The lowest BCUT2D eigenvalue weighted by atomic mass is 9.93. The van der Waals surface area contributed by atoms with Gasteiger partial charge in [0.1, 0.15) is 0 Å². The summed E-state index contributed by atoms with van der Waals surface area (Å²) in [5.41, 5.74) is -0.702. The molecule has 0 bridgehead atoms. The Balaban J connectivity index is 2.64. The molecule has 2 N–H and O–H groups in total. The van der Waals surface area contributed by atoms with Crippen LogP contribution < -0.4 is 5.32 Å². The lowest BCUT2D eigenvalue weighted by Gasteiger charge is -2.28. The van der Waals surface area contributed by atoms with Crippen molar-refractivity contribution in [3.8, 4) is 0 Å². The molecule has 1 saturated heterocycles. The van der Waals surface area contributed by atoms with E-state index in [9.17, 15) is 9.59 Å². The van der Waals surface area contributed by atoms with E-state index in [0.717, 1.165) is 6.42 Å². The maximum Gasteiger partial charge on any atom is 0.305 e. The molecule has 92 valence electrons. The second kappa shape index (κ2) is 5.30. The minimum Gasteiger partial charge on any atom is -0.481 e. The number of aliphatic carboxylic acids is 1. The zero-order valence-electron chi connectivity index (χ0n) is 9.78. The molecule has 0 aromatic rings. The van der Waals surface area contributed by atoms with Gasteiger partial charge in [0.25, 0.3) is 0 Å². The van der Waals surface area contributed by atoms with Gasteiger partial charge in [-0.15, -0.1) is 0 Å². The number of carbonyl (C=O) groups is 2. The lowest BCUT2D eigenvalue weighted by molar-refractivity contribution is -0.139. The van der Waals surface area contributed by atoms with Crippen LogP contribution in [0.1, 0.15) is 33.1 Å². The highest BCUT2D eigenvalue weighted by Crippen LogP contribution is 2.23. The van der Waals surface area contributed by atoms with Crippen LogP contribution >= 0.6 is 0 Å². The minimum atomic E-state index is -0.907. The van der Waals surface area contributed by atoms with Crippen LogP contribution in [0.15, 0.2) is 0 Å². The summed E-state index contributed by atoms with van der Waals surface area (Å²) in [6, 6.07) is 0. The van der Waals surface area contributed by atoms with Crippen molar-refractivity contribution in [2.45, 2.75) is 38.6 Å². The van der Waals surface area contributed by atoms with E-state index in [1.807, 2.05) is 13.8 Å². The molecule has 1 rings (SSSR count). The summed E-state index contributed by atoms with van der Waals surface area (Å²) in [6.45, 7) is 4.56.